The quantitative estimate of drug-likeness (QED) is 0.739. The molecule has 6 heteroatoms. The van der Waals surface area contributed by atoms with E-state index >= 15 is 0 Å². The second-order valence-corrected chi connectivity index (χ2v) is 4.20. The molecule has 0 fully saturated rings. The van der Waals surface area contributed by atoms with Crippen LogP contribution in [0.25, 0.3) is 22.6 Å². The Kier molecular flexibility index (Phi) is 2.56. The van der Waals surface area contributed by atoms with Gasteiger partial charge in [-0.05, 0) is 6.07 Å². The van der Waals surface area contributed by atoms with E-state index in [4.69, 9.17) is 5.73 Å². The summed E-state index contributed by atoms with van der Waals surface area (Å²) in [4.78, 5) is 4.23. The van der Waals surface area contributed by atoms with Crippen molar-refractivity contribution in [2.24, 2.45) is 7.05 Å². The molecule has 0 atom stereocenters. The van der Waals surface area contributed by atoms with Crippen molar-refractivity contribution >= 4 is 5.82 Å². The molecule has 0 aliphatic carbocycles. The van der Waals surface area contributed by atoms with Crippen LogP contribution in [0.1, 0.15) is 0 Å². The summed E-state index contributed by atoms with van der Waals surface area (Å²) in [6.07, 6.45) is 3.47. The predicted molar refractivity (Wildman–Crippen MR) is 70.6 cm³/mol. The van der Waals surface area contributed by atoms with Crippen LogP contribution < -0.4 is 5.73 Å². The largest absolute Gasteiger partial charge is 0.382 e. The first-order valence-electron chi connectivity index (χ1n) is 5.75. The van der Waals surface area contributed by atoms with E-state index in [1.54, 1.807) is 30.6 Å². The Hall–Kier alpha value is -2.63. The van der Waals surface area contributed by atoms with Crippen molar-refractivity contribution in [3.8, 4) is 22.6 Å². The average Bonchev–Trinajstić information content (AvgIpc) is 2.96. The van der Waals surface area contributed by atoms with Crippen molar-refractivity contribution in [2.45, 2.75) is 0 Å². The maximum Gasteiger partial charge on any atom is 0.158 e. The maximum atomic E-state index is 13.9. The summed E-state index contributed by atoms with van der Waals surface area (Å²) in [5.74, 6) is 0.566. The molecule has 0 bridgehead atoms. The molecular formula is C13H12FN5. The molecular weight excluding hydrogens is 245 g/mol. The van der Waals surface area contributed by atoms with Gasteiger partial charge in [-0.1, -0.05) is 18.2 Å². The lowest BCUT2D eigenvalue weighted by Crippen LogP contribution is -1.95. The lowest BCUT2D eigenvalue weighted by molar-refractivity contribution is 0.631. The topological polar surface area (TPSA) is 72.5 Å². The number of halogens is 1. The summed E-state index contributed by atoms with van der Waals surface area (Å²) in [5.41, 5.74) is 7.40. The van der Waals surface area contributed by atoms with Gasteiger partial charge in [0.05, 0.1) is 5.56 Å². The van der Waals surface area contributed by atoms with Gasteiger partial charge in [0.25, 0.3) is 0 Å². The molecule has 0 amide bonds. The van der Waals surface area contributed by atoms with Crippen molar-refractivity contribution in [3.63, 3.8) is 0 Å². The highest BCUT2D eigenvalue weighted by Crippen LogP contribution is 2.34. The summed E-state index contributed by atoms with van der Waals surface area (Å²) in [7, 11) is 1.85. The van der Waals surface area contributed by atoms with Gasteiger partial charge in [0, 0.05) is 25.0 Å². The number of benzene rings is 1. The number of anilines is 1. The first-order chi connectivity index (χ1) is 9.18. The van der Waals surface area contributed by atoms with Gasteiger partial charge < -0.3 is 10.3 Å². The second kappa shape index (κ2) is 4.24. The van der Waals surface area contributed by atoms with Gasteiger partial charge in [0.15, 0.2) is 11.6 Å². The van der Waals surface area contributed by atoms with E-state index in [-0.39, 0.29) is 11.6 Å². The first-order valence-corrected chi connectivity index (χ1v) is 5.75. The normalized spacial score (nSPS) is 10.8. The second-order valence-electron chi connectivity index (χ2n) is 4.20. The van der Waals surface area contributed by atoms with E-state index in [0.29, 0.717) is 22.6 Å². The van der Waals surface area contributed by atoms with Crippen LogP contribution in [-0.2, 0) is 7.05 Å². The van der Waals surface area contributed by atoms with E-state index in [1.807, 2.05) is 11.6 Å². The Bertz CT molecular complexity index is 728. The van der Waals surface area contributed by atoms with Crippen molar-refractivity contribution in [1.29, 1.82) is 0 Å². The minimum absolute atomic E-state index is 0.253. The minimum atomic E-state index is -0.342. The number of rotatable bonds is 2. The third-order valence-corrected chi connectivity index (χ3v) is 2.98. The molecule has 3 aromatic rings. The number of H-pyrrole nitrogens is 1. The molecule has 2 aromatic heterocycles. The lowest BCUT2D eigenvalue weighted by atomic mass is 10.0. The Morgan fingerprint density at radius 1 is 1.32 bits per heavy atom. The molecule has 0 saturated carbocycles. The molecule has 96 valence electrons. The molecule has 0 saturated heterocycles. The first kappa shape index (κ1) is 11.5. The fourth-order valence-corrected chi connectivity index (χ4v) is 2.06. The summed E-state index contributed by atoms with van der Waals surface area (Å²) >= 11 is 0. The van der Waals surface area contributed by atoms with Gasteiger partial charge >= 0.3 is 0 Å². The average molecular weight is 257 g/mol. The number of nitrogens with one attached hydrogen (secondary N) is 1. The summed E-state index contributed by atoms with van der Waals surface area (Å²) in [6.45, 7) is 0. The molecule has 3 N–H and O–H groups in total. The van der Waals surface area contributed by atoms with Gasteiger partial charge in [-0.2, -0.15) is 5.10 Å². The number of aromatic amines is 1. The third kappa shape index (κ3) is 1.77. The highest BCUT2D eigenvalue weighted by atomic mass is 19.1. The Balaban J connectivity index is 2.26. The van der Waals surface area contributed by atoms with E-state index in [2.05, 4.69) is 15.2 Å². The van der Waals surface area contributed by atoms with Crippen molar-refractivity contribution in [2.75, 3.05) is 5.73 Å². The van der Waals surface area contributed by atoms with E-state index in [1.165, 1.54) is 6.07 Å². The zero-order valence-corrected chi connectivity index (χ0v) is 10.3. The molecule has 0 aliphatic rings. The van der Waals surface area contributed by atoms with Gasteiger partial charge in [0.2, 0.25) is 0 Å². The molecule has 2 heterocycles. The molecule has 1 aromatic carbocycles. The number of hydrogen-bond acceptors (Lipinski definition) is 3. The molecule has 3 rings (SSSR count). The van der Waals surface area contributed by atoms with Gasteiger partial charge in [-0.25, -0.2) is 9.37 Å². The van der Waals surface area contributed by atoms with Gasteiger partial charge in [-0.15, -0.1) is 0 Å². The summed E-state index contributed by atoms with van der Waals surface area (Å²) < 4.78 is 15.7. The molecule has 0 spiro atoms. The van der Waals surface area contributed by atoms with Crippen LogP contribution in [0.5, 0.6) is 0 Å². The van der Waals surface area contributed by atoms with Crippen molar-refractivity contribution in [1.82, 2.24) is 19.7 Å². The van der Waals surface area contributed by atoms with E-state index < -0.39 is 0 Å². The van der Waals surface area contributed by atoms with Crippen LogP contribution in [0.15, 0.2) is 36.7 Å². The monoisotopic (exact) mass is 257 g/mol. The number of nitrogens with zero attached hydrogens (tertiary/aromatic N) is 3. The number of hydrogen-bond donors (Lipinski definition) is 2. The number of nitrogens with two attached hydrogens (primary N) is 1. The molecule has 5 nitrogen and oxygen atoms in total. The highest BCUT2D eigenvalue weighted by Gasteiger charge is 2.19. The fourth-order valence-electron chi connectivity index (χ4n) is 2.06. The van der Waals surface area contributed by atoms with Crippen molar-refractivity contribution < 1.29 is 4.39 Å². The molecule has 0 radical (unpaired) electrons. The van der Waals surface area contributed by atoms with Crippen LogP contribution in [0, 0.1) is 5.82 Å². The SMILES string of the molecule is Cn1ccnc1-c1[nH]nc(N)c1-c1ccccc1F. The molecule has 0 unspecified atom stereocenters. The summed E-state index contributed by atoms with van der Waals surface area (Å²) in [6, 6.07) is 6.45. The third-order valence-electron chi connectivity index (χ3n) is 2.98. The Labute approximate surface area is 108 Å². The standard InChI is InChI=1S/C13H12FN5/c1-19-7-6-16-13(19)11-10(12(15)18-17-11)8-4-2-3-5-9(8)14/h2-7H,1H3,(H3,15,17,18). The van der Waals surface area contributed by atoms with Crippen LogP contribution >= 0.6 is 0 Å². The summed E-state index contributed by atoms with van der Waals surface area (Å²) in [5, 5.41) is 6.78. The molecule has 19 heavy (non-hydrogen) atoms. The molecule has 0 aliphatic heterocycles. The Morgan fingerprint density at radius 2 is 2.11 bits per heavy atom. The van der Waals surface area contributed by atoms with Crippen LogP contribution in [0.3, 0.4) is 0 Å². The lowest BCUT2D eigenvalue weighted by Gasteiger charge is -2.05. The highest BCUT2D eigenvalue weighted by molar-refractivity contribution is 5.86. The predicted octanol–water partition coefficient (Wildman–Crippen LogP) is 2.20. The van der Waals surface area contributed by atoms with Crippen LogP contribution in [0.2, 0.25) is 0 Å². The smallest absolute Gasteiger partial charge is 0.158 e. The Morgan fingerprint density at radius 3 is 2.79 bits per heavy atom. The van der Waals surface area contributed by atoms with E-state index in [9.17, 15) is 4.39 Å². The maximum absolute atomic E-state index is 13.9. The minimum Gasteiger partial charge on any atom is -0.382 e. The number of imidazole rings is 1. The fraction of sp³-hybridized carbons (Fsp3) is 0.0769. The number of nitrogen functional groups attached to an aromatic ring is 1. The van der Waals surface area contributed by atoms with E-state index in [0.717, 1.165) is 0 Å². The van der Waals surface area contributed by atoms with Gasteiger partial charge in [0.1, 0.15) is 11.5 Å². The van der Waals surface area contributed by atoms with Crippen molar-refractivity contribution in [3.05, 3.63) is 42.5 Å². The van der Waals surface area contributed by atoms with Crippen LogP contribution in [-0.4, -0.2) is 19.7 Å². The number of aromatic nitrogens is 4. The van der Waals surface area contributed by atoms with Gasteiger partial charge in [-0.3, -0.25) is 5.10 Å². The zero-order chi connectivity index (χ0) is 13.4. The van der Waals surface area contributed by atoms with Crippen LogP contribution in [0.4, 0.5) is 10.2 Å². The zero-order valence-electron chi connectivity index (χ0n) is 10.3. The number of aryl methyl sites for hydroxylation is 1.